The van der Waals surface area contributed by atoms with E-state index >= 15 is 0 Å². The molecule has 0 aliphatic heterocycles. The minimum Gasteiger partial charge on any atom is -0.352 e. The van der Waals surface area contributed by atoms with Crippen LogP contribution in [0.3, 0.4) is 0 Å². The van der Waals surface area contributed by atoms with Gasteiger partial charge in [0.25, 0.3) is 0 Å². The average molecular weight is 313 g/mol. The van der Waals surface area contributed by atoms with E-state index in [1.807, 2.05) is 12.1 Å². The lowest BCUT2D eigenvalue weighted by molar-refractivity contribution is 1.11. The summed E-state index contributed by atoms with van der Waals surface area (Å²) in [7, 11) is 0. The van der Waals surface area contributed by atoms with Crippen LogP contribution in [-0.4, -0.2) is 35.1 Å². The van der Waals surface area contributed by atoms with Crippen LogP contribution in [-0.2, 0) is 0 Å². The minimum absolute atomic E-state index is 0.729. The van der Waals surface area contributed by atoms with E-state index in [1.165, 1.54) is 0 Å². The highest BCUT2D eigenvalue weighted by molar-refractivity contribution is 5.96. The van der Waals surface area contributed by atoms with Crippen LogP contribution >= 0.6 is 0 Å². The van der Waals surface area contributed by atoms with Gasteiger partial charge in [-0.2, -0.15) is 5.10 Å². The second-order valence-corrected chi connectivity index (χ2v) is 5.42. The zero-order valence-electron chi connectivity index (χ0n) is 12.4. The van der Waals surface area contributed by atoms with Crippen LogP contribution in [0.5, 0.6) is 0 Å². The maximum atomic E-state index is 4.44. The van der Waals surface area contributed by atoms with Crippen molar-refractivity contribution < 1.29 is 0 Å². The van der Waals surface area contributed by atoms with Gasteiger partial charge in [-0.3, -0.25) is 25.0 Å². The van der Waals surface area contributed by atoms with Gasteiger partial charge in [0.1, 0.15) is 11.4 Å². The first kappa shape index (κ1) is 12.9. The Morgan fingerprint density at radius 3 is 2.62 bits per heavy atom. The zero-order valence-corrected chi connectivity index (χ0v) is 12.4. The number of pyridine rings is 2. The molecule has 5 aromatic rings. The molecule has 114 valence electrons. The van der Waals surface area contributed by atoms with Crippen molar-refractivity contribution >= 4 is 21.8 Å². The highest BCUT2D eigenvalue weighted by atomic mass is 15.1. The topological polar surface area (TPSA) is 96.0 Å². The number of hydrogen-bond acceptors (Lipinski definition) is 5. The van der Waals surface area contributed by atoms with E-state index in [9.17, 15) is 0 Å². The largest absolute Gasteiger partial charge is 0.352 e. The fraction of sp³-hybridized carbons (Fsp3) is 0. The van der Waals surface area contributed by atoms with Gasteiger partial charge in [0, 0.05) is 29.4 Å². The van der Waals surface area contributed by atoms with Crippen LogP contribution in [0.4, 0.5) is 0 Å². The zero-order chi connectivity index (χ0) is 15.9. The normalized spacial score (nSPS) is 11.3. The number of rotatable bonds is 2. The summed E-state index contributed by atoms with van der Waals surface area (Å²) in [5.74, 6) is 0. The smallest absolute Gasteiger partial charge is 0.116 e. The van der Waals surface area contributed by atoms with Crippen LogP contribution in [0.15, 0.2) is 55.4 Å². The summed E-state index contributed by atoms with van der Waals surface area (Å²) in [5, 5.41) is 9.54. The Balaban J connectivity index is 1.71. The molecule has 0 unspecified atom stereocenters. The quantitative estimate of drug-likeness (QED) is 0.522. The molecule has 0 amide bonds. The molecular formula is C17H11N7. The number of H-pyrrole nitrogens is 2. The predicted molar refractivity (Wildman–Crippen MR) is 90.0 cm³/mol. The van der Waals surface area contributed by atoms with E-state index in [1.54, 1.807) is 37.2 Å². The van der Waals surface area contributed by atoms with Crippen molar-refractivity contribution in [3.8, 4) is 22.8 Å². The molecule has 0 aromatic carbocycles. The van der Waals surface area contributed by atoms with Crippen LogP contribution in [0.25, 0.3) is 44.6 Å². The van der Waals surface area contributed by atoms with Crippen LogP contribution in [0, 0.1) is 0 Å². The Morgan fingerprint density at radius 1 is 0.792 bits per heavy atom. The van der Waals surface area contributed by atoms with Gasteiger partial charge in [0.15, 0.2) is 0 Å². The number of nitrogens with one attached hydrogen (secondary N) is 2. The fourth-order valence-corrected chi connectivity index (χ4v) is 2.79. The molecule has 24 heavy (non-hydrogen) atoms. The number of aromatic nitrogens is 7. The number of aromatic amines is 2. The van der Waals surface area contributed by atoms with Gasteiger partial charge in [0.2, 0.25) is 0 Å². The van der Waals surface area contributed by atoms with Crippen LogP contribution in [0.1, 0.15) is 0 Å². The second kappa shape index (κ2) is 4.95. The lowest BCUT2D eigenvalue weighted by Gasteiger charge is -1.99. The summed E-state index contributed by atoms with van der Waals surface area (Å²) < 4.78 is 0. The van der Waals surface area contributed by atoms with Crippen molar-refractivity contribution in [2.24, 2.45) is 0 Å². The third-order valence-corrected chi connectivity index (χ3v) is 3.95. The third kappa shape index (κ3) is 1.95. The molecule has 5 aromatic heterocycles. The maximum Gasteiger partial charge on any atom is 0.116 e. The van der Waals surface area contributed by atoms with Crippen molar-refractivity contribution in [2.45, 2.75) is 0 Å². The Hall–Kier alpha value is -3.61. The lowest BCUT2D eigenvalue weighted by Crippen LogP contribution is -1.88. The molecule has 0 spiro atoms. The summed E-state index contributed by atoms with van der Waals surface area (Å²) in [5.41, 5.74) is 5.11. The SMILES string of the molecule is c1cnc(-c2cc3c(-c4cc5ccncc5[nH]4)n[nH]c3cn2)cn1. The third-order valence-electron chi connectivity index (χ3n) is 3.95. The highest BCUT2D eigenvalue weighted by Gasteiger charge is 2.13. The monoisotopic (exact) mass is 313 g/mol. The first-order valence-electron chi connectivity index (χ1n) is 7.42. The molecule has 7 nitrogen and oxygen atoms in total. The molecule has 7 heteroatoms. The van der Waals surface area contributed by atoms with Crippen LogP contribution in [0.2, 0.25) is 0 Å². The molecule has 2 N–H and O–H groups in total. The van der Waals surface area contributed by atoms with Gasteiger partial charge in [-0.25, -0.2) is 0 Å². The highest BCUT2D eigenvalue weighted by Crippen LogP contribution is 2.29. The summed E-state index contributed by atoms with van der Waals surface area (Å²) in [4.78, 5) is 20.3. The lowest BCUT2D eigenvalue weighted by atomic mass is 10.1. The molecule has 0 saturated carbocycles. The molecule has 5 heterocycles. The van der Waals surface area contributed by atoms with Gasteiger partial charge in [-0.1, -0.05) is 0 Å². The van der Waals surface area contributed by atoms with Crippen molar-refractivity contribution in [2.75, 3.05) is 0 Å². The van der Waals surface area contributed by atoms with E-state index in [-0.39, 0.29) is 0 Å². The van der Waals surface area contributed by atoms with Crippen molar-refractivity contribution in [1.29, 1.82) is 0 Å². The fourth-order valence-electron chi connectivity index (χ4n) is 2.79. The molecule has 0 aliphatic rings. The summed E-state index contributed by atoms with van der Waals surface area (Å²) in [6, 6.07) is 6.01. The molecule has 0 atom stereocenters. The molecule has 0 saturated heterocycles. The van der Waals surface area contributed by atoms with Crippen molar-refractivity contribution in [1.82, 2.24) is 35.1 Å². The predicted octanol–water partition coefficient (Wildman–Crippen LogP) is 2.96. The van der Waals surface area contributed by atoms with Crippen LogP contribution < -0.4 is 0 Å². The van der Waals surface area contributed by atoms with Gasteiger partial charge in [-0.15, -0.1) is 0 Å². The molecule has 5 rings (SSSR count). The first-order chi connectivity index (χ1) is 11.9. The van der Waals surface area contributed by atoms with Gasteiger partial charge in [-0.05, 0) is 18.2 Å². The molecule has 0 radical (unpaired) electrons. The van der Waals surface area contributed by atoms with Gasteiger partial charge < -0.3 is 4.98 Å². The summed E-state index contributed by atoms with van der Waals surface area (Å²) >= 11 is 0. The summed E-state index contributed by atoms with van der Waals surface area (Å²) in [6.45, 7) is 0. The number of nitrogens with zero attached hydrogens (tertiary/aromatic N) is 5. The number of hydrogen-bond donors (Lipinski definition) is 2. The molecule has 0 aliphatic carbocycles. The van der Waals surface area contributed by atoms with Crippen molar-refractivity contribution in [3.05, 3.63) is 55.4 Å². The average Bonchev–Trinajstić information content (AvgIpc) is 3.25. The standard InChI is InChI=1S/C17H11N7/c1-2-18-7-14-10(1)5-13(22-14)17-11-6-12(16-8-19-3-4-20-16)21-9-15(11)23-24-17/h1-9,22H,(H,23,24). The van der Waals surface area contributed by atoms with E-state index in [4.69, 9.17) is 0 Å². The van der Waals surface area contributed by atoms with E-state index in [0.717, 1.165) is 44.6 Å². The first-order valence-corrected chi connectivity index (χ1v) is 7.42. The molecule has 0 fully saturated rings. The molecule has 0 bridgehead atoms. The Labute approximate surface area is 135 Å². The summed E-state index contributed by atoms with van der Waals surface area (Å²) in [6.07, 6.45) is 10.3. The van der Waals surface area contributed by atoms with Crippen molar-refractivity contribution in [3.63, 3.8) is 0 Å². The minimum atomic E-state index is 0.729. The van der Waals surface area contributed by atoms with E-state index in [0.29, 0.717) is 0 Å². The Morgan fingerprint density at radius 2 is 1.75 bits per heavy atom. The van der Waals surface area contributed by atoms with E-state index in [2.05, 4.69) is 41.2 Å². The Bertz CT molecular complexity index is 1120. The van der Waals surface area contributed by atoms with Gasteiger partial charge in [0.05, 0.1) is 41.0 Å². The van der Waals surface area contributed by atoms with Gasteiger partial charge >= 0.3 is 0 Å². The van der Waals surface area contributed by atoms with E-state index < -0.39 is 0 Å². The number of fused-ring (bicyclic) bond motifs is 2. The maximum absolute atomic E-state index is 4.44. The Kier molecular flexibility index (Phi) is 2.66. The molecular weight excluding hydrogens is 302 g/mol. The second-order valence-electron chi connectivity index (χ2n) is 5.42.